The predicted octanol–water partition coefficient (Wildman–Crippen LogP) is 1.60. The summed E-state index contributed by atoms with van der Waals surface area (Å²) in [5.41, 5.74) is 0. The molecule has 0 unspecified atom stereocenters. The van der Waals surface area contributed by atoms with Crippen molar-refractivity contribution in [3.63, 3.8) is 0 Å². The van der Waals surface area contributed by atoms with E-state index in [4.69, 9.17) is 9.47 Å². The second kappa shape index (κ2) is 9.88. The molecule has 0 aromatic heterocycles. The van der Waals surface area contributed by atoms with Gasteiger partial charge in [-0.25, -0.2) is 9.59 Å². The van der Waals surface area contributed by atoms with Crippen LogP contribution in [0.2, 0.25) is 0 Å². The first kappa shape index (κ1) is 16.9. The zero-order valence-corrected chi connectivity index (χ0v) is 11.9. The highest BCUT2D eigenvalue weighted by Gasteiger charge is 2.34. The highest BCUT2D eigenvalue weighted by molar-refractivity contribution is 5.99. The van der Waals surface area contributed by atoms with Gasteiger partial charge in [-0.3, -0.25) is 4.90 Å². The highest BCUT2D eigenvalue weighted by atomic mass is 16.6. The lowest BCUT2D eigenvalue weighted by Gasteiger charge is -2.27. The summed E-state index contributed by atoms with van der Waals surface area (Å²) in [5.74, 6) is -1.03. The fourth-order valence-electron chi connectivity index (χ4n) is 1.78. The van der Waals surface area contributed by atoms with Gasteiger partial charge in [-0.2, -0.15) is 0 Å². The maximum Gasteiger partial charge on any atom is 0.335 e. The van der Waals surface area contributed by atoms with Crippen LogP contribution in [-0.2, 0) is 19.1 Å². The summed E-state index contributed by atoms with van der Waals surface area (Å²) in [5, 5.41) is 0. The Hall–Kier alpha value is -1.10. The van der Waals surface area contributed by atoms with E-state index in [2.05, 4.69) is 0 Å². The van der Waals surface area contributed by atoms with Crippen LogP contribution in [0, 0.1) is 0 Å². The molecule has 0 atom stereocenters. The minimum Gasteiger partial charge on any atom is -0.464 e. The van der Waals surface area contributed by atoms with E-state index < -0.39 is 18.0 Å². The number of ether oxygens (including phenoxy) is 2. The highest BCUT2D eigenvalue weighted by Crippen LogP contribution is 2.07. The van der Waals surface area contributed by atoms with E-state index in [9.17, 15) is 9.59 Å². The van der Waals surface area contributed by atoms with Crippen LogP contribution in [0.3, 0.4) is 0 Å². The smallest absolute Gasteiger partial charge is 0.335 e. The molecule has 0 aromatic carbocycles. The molecule has 106 valence electrons. The van der Waals surface area contributed by atoms with E-state index in [1.165, 1.54) is 0 Å². The summed E-state index contributed by atoms with van der Waals surface area (Å²) in [4.78, 5) is 25.6. The molecule has 5 nitrogen and oxygen atoms in total. The molecule has 0 fully saturated rings. The summed E-state index contributed by atoms with van der Waals surface area (Å²) >= 11 is 0. The average molecular weight is 259 g/mol. The normalized spacial score (nSPS) is 10.8. The first-order valence-electron chi connectivity index (χ1n) is 6.69. The zero-order chi connectivity index (χ0) is 14.0. The lowest BCUT2D eigenvalue weighted by atomic mass is 10.2. The molecule has 18 heavy (non-hydrogen) atoms. The second-order valence-electron chi connectivity index (χ2n) is 3.94. The lowest BCUT2D eigenvalue weighted by molar-refractivity contribution is -0.163. The van der Waals surface area contributed by atoms with Gasteiger partial charge in [-0.15, -0.1) is 0 Å². The zero-order valence-electron chi connectivity index (χ0n) is 11.9. The molecule has 0 spiro atoms. The molecule has 0 saturated carbocycles. The fourth-order valence-corrected chi connectivity index (χ4v) is 1.78. The van der Waals surface area contributed by atoms with Crippen LogP contribution in [0.5, 0.6) is 0 Å². The summed E-state index contributed by atoms with van der Waals surface area (Å²) in [6.45, 7) is 9.36. The molecule has 0 N–H and O–H groups in total. The topological polar surface area (TPSA) is 55.8 Å². The Morgan fingerprint density at radius 1 is 0.889 bits per heavy atom. The minimum absolute atomic E-state index is 0.265. The van der Waals surface area contributed by atoms with Crippen molar-refractivity contribution in [2.45, 2.75) is 46.6 Å². The van der Waals surface area contributed by atoms with E-state index >= 15 is 0 Å². The SMILES string of the molecule is CCCN(CCC)C(C(=O)OCC)C(=O)OCC. The molecule has 0 radical (unpaired) electrons. The van der Waals surface area contributed by atoms with E-state index in [1.807, 2.05) is 18.7 Å². The van der Waals surface area contributed by atoms with Gasteiger partial charge in [0.15, 0.2) is 0 Å². The number of carbonyl (C=O) groups is 2. The monoisotopic (exact) mass is 259 g/mol. The van der Waals surface area contributed by atoms with Gasteiger partial charge in [-0.05, 0) is 39.8 Å². The fraction of sp³-hybridized carbons (Fsp3) is 0.846. The van der Waals surface area contributed by atoms with E-state index in [0.717, 1.165) is 12.8 Å². The standard InChI is InChI=1S/C13H25NO4/c1-5-9-14(10-6-2)11(12(15)17-7-3)13(16)18-8-4/h11H,5-10H2,1-4H3. The molecule has 0 aliphatic heterocycles. The van der Waals surface area contributed by atoms with Crippen molar-refractivity contribution in [3.8, 4) is 0 Å². The van der Waals surface area contributed by atoms with Crippen molar-refractivity contribution in [1.82, 2.24) is 4.90 Å². The minimum atomic E-state index is -0.926. The maximum atomic E-state index is 11.9. The van der Waals surface area contributed by atoms with Crippen LogP contribution in [0.4, 0.5) is 0 Å². The molecule has 0 bridgehead atoms. The number of hydrogen-bond acceptors (Lipinski definition) is 5. The molecule has 0 heterocycles. The van der Waals surface area contributed by atoms with Gasteiger partial charge in [0, 0.05) is 0 Å². The van der Waals surface area contributed by atoms with Crippen molar-refractivity contribution >= 4 is 11.9 Å². The third-order valence-corrected chi connectivity index (χ3v) is 2.41. The Bertz CT molecular complexity index is 231. The van der Waals surface area contributed by atoms with Crippen LogP contribution in [0.1, 0.15) is 40.5 Å². The van der Waals surface area contributed by atoms with Gasteiger partial charge in [0.2, 0.25) is 6.04 Å². The lowest BCUT2D eigenvalue weighted by Crippen LogP contribution is -2.49. The van der Waals surface area contributed by atoms with Gasteiger partial charge in [0.05, 0.1) is 13.2 Å². The van der Waals surface area contributed by atoms with Crippen LogP contribution < -0.4 is 0 Å². The van der Waals surface area contributed by atoms with E-state index in [1.54, 1.807) is 13.8 Å². The molecular formula is C13H25NO4. The Balaban J connectivity index is 4.88. The van der Waals surface area contributed by atoms with Crippen LogP contribution in [-0.4, -0.2) is 49.2 Å². The first-order chi connectivity index (χ1) is 8.62. The Morgan fingerprint density at radius 2 is 1.28 bits per heavy atom. The number of nitrogens with zero attached hydrogens (tertiary/aromatic N) is 1. The van der Waals surface area contributed by atoms with Crippen LogP contribution >= 0.6 is 0 Å². The molecule has 0 saturated heterocycles. The first-order valence-corrected chi connectivity index (χ1v) is 6.69. The van der Waals surface area contributed by atoms with Crippen molar-refractivity contribution in [2.75, 3.05) is 26.3 Å². The summed E-state index contributed by atoms with van der Waals surface area (Å²) in [6.07, 6.45) is 1.74. The third kappa shape index (κ3) is 5.49. The summed E-state index contributed by atoms with van der Waals surface area (Å²) < 4.78 is 9.93. The van der Waals surface area contributed by atoms with Gasteiger partial charge < -0.3 is 9.47 Å². The van der Waals surface area contributed by atoms with Gasteiger partial charge in [-0.1, -0.05) is 13.8 Å². The van der Waals surface area contributed by atoms with Crippen LogP contribution in [0.25, 0.3) is 0 Å². The number of rotatable bonds is 9. The van der Waals surface area contributed by atoms with Crippen molar-refractivity contribution in [3.05, 3.63) is 0 Å². The van der Waals surface area contributed by atoms with Gasteiger partial charge >= 0.3 is 11.9 Å². The molecule has 5 heteroatoms. The molecular weight excluding hydrogens is 234 g/mol. The van der Waals surface area contributed by atoms with E-state index in [0.29, 0.717) is 13.1 Å². The molecule has 0 aromatic rings. The molecule has 0 rings (SSSR count). The average Bonchev–Trinajstić information content (AvgIpc) is 2.30. The third-order valence-electron chi connectivity index (χ3n) is 2.41. The Kier molecular flexibility index (Phi) is 9.28. The molecule has 0 amide bonds. The summed E-state index contributed by atoms with van der Waals surface area (Å²) in [7, 11) is 0. The Morgan fingerprint density at radius 3 is 1.56 bits per heavy atom. The molecule has 0 aliphatic carbocycles. The van der Waals surface area contributed by atoms with Crippen molar-refractivity contribution < 1.29 is 19.1 Å². The van der Waals surface area contributed by atoms with Gasteiger partial charge in [0.25, 0.3) is 0 Å². The van der Waals surface area contributed by atoms with Gasteiger partial charge in [0.1, 0.15) is 0 Å². The Labute approximate surface area is 109 Å². The largest absolute Gasteiger partial charge is 0.464 e. The molecule has 0 aliphatic rings. The number of hydrogen-bond donors (Lipinski definition) is 0. The number of esters is 2. The second-order valence-corrected chi connectivity index (χ2v) is 3.94. The van der Waals surface area contributed by atoms with E-state index in [-0.39, 0.29) is 13.2 Å². The quantitative estimate of drug-likeness (QED) is 0.465. The van der Waals surface area contributed by atoms with Crippen molar-refractivity contribution in [2.24, 2.45) is 0 Å². The predicted molar refractivity (Wildman–Crippen MR) is 69.2 cm³/mol. The van der Waals surface area contributed by atoms with Crippen molar-refractivity contribution in [1.29, 1.82) is 0 Å². The maximum absolute atomic E-state index is 11.9. The number of carbonyl (C=O) groups excluding carboxylic acids is 2. The summed E-state index contributed by atoms with van der Waals surface area (Å²) in [6, 6.07) is -0.926. The van der Waals surface area contributed by atoms with Crippen LogP contribution in [0.15, 0.2) is 0 Å².